The number of hydrogen-bond acceptors (Lipinski definition) is 6. The zero-order chi connectivity index (χ0) is 14.9. The average Bonchev–Trinajstić information content (AvgIpc) is 2.80. The van der Waals surface area contributed by atoms with Gasteiger partial charge in [-0.2, -0.15) is 4.31 Å². The summed E-state index contributed by atoms with van der Waals surface area (Å²) in [7, 11) is -2.56. The van der Waals surface area contributed by atoms with Gasteiger partial charge in [0, 0.05) is 13.1 Å². The van der Waals surface area contributed by atoms with Gasteiger partial charge in [-0.25, -0.2) is 13.2 Å². The van der Waals surface area contributed by atoms with E-state index in [1.165, 1.54) is 11.4 Å². The highest BCUT2D eigenvalue weighted by atomic mass is 32.2. The minimum Gasteiger partial charge on any atom is -0.465 e. The van der Waals surface area contributed by atoms with Crippen molar-refractivity contribution in [3.63, 3.8) is 0 Å². The van der Waals surface area contributed by atoms with Gasteiger partial charge in [0.1, 0.15) is 9.77 Å². The normalized spacial score (nSPS) is 20.9. The Bertz CT molecular complexity index is 607. The smallest absolute Gasteiger partial charge is 0.349 e. The molecular formula is C12H17NO5S2. The minimum atomic E-state index is -3.79. The highest BCUT2D eigenvalue weighted by molar-refractivity contribution is 7.89. The molecular weight excluding hydrogens is 302 g/mol. The van der Waals surface area contributed by atoms with Crippen molar-refractivity contribution in [1.82, 2.24) is 4.31 Å². The predicted octanol–water partition coefficient (Wildman–Crippen LogP) is 0.989. The number of ether oxygens (including phenoxy) is 1. The Labute approximate surface area is 122 Å². The van der Waals surface area contributed by atoms with Gasteiger partial charge in [0.05, 0.1) is 13.2 Å². The van der Waals surface area contributed by atoms with E-state index in [0.29, 0.717) is 24.9 Å². The average molecular weight is 319 g/mol. The number of aryl methyl sites for hydroxylation is 1. The third-order valence-corrected chi connectivity index (χ3v) is 6.51. The van der Waals surface area contributed by atoms with Crippen molar-refractivity contribution in [3.05, 3.63) is 15.8 Å². The molecule has 1 aliphatic rings. The number of sulfonamides is 1. The zero-order valence-electron chi connectivity index (χ0n) is 11.3. The molecule has 6 nitrogen and oxygen atoms in total. The quantitative estimate of drug-likeness (QED) is 0.840. The first-order valence-electron chi connectivity index (χ1n) is 6.22. The van der Waals surface area contributed by atoms with Crippen LogP contribution in [-0.2, 0) is 14.8 Å². The molecule has 1 aliphatic heterocycles. The second-order valence-corrected chi connectivity index (χ2v) is 7.48. The molecule has 0 bridgehead atoms. The third kappa shape index (κ3) is 2.73. The minimum absolute atomic E-state index is 0.00319. The van der Waals surface area contributed by atoms with Crippen LogP contribution in [0.3, 0.4) is 0 Å². The Morgan fingerprint density at radius 3 is 2.85 bits per heavy atom. The molecule has 0 aliphatic carbocycles. The van der Waals surface area contributed by atoms with Gasteiger partial charge in [-0.05, 0) is 30.7 Å². The fourth-order valence-corrected chi connectivity index (χ4v) is 5.43. The van der Waals surface area contributed by atoms with Crippen LogP contribution in [-0.4, -0.2) is 50.1 Å². The number of methoxy groups -OCH3 is 1. The summed E-state index contributed by atoms with van der Waals surface area (Å²) < 4.78 is 31.2. The molecule has 112 valence electrons. The Kier molecular flexibility index (Phi) is 4.48. The number of nitrogens with zero attached hydrogens (tertiary/aromatic N) is 1. The highest BCUT2D eigenvalue weighted by Crippen LogP contribution is 2.31. The molecule has 0 unspecified atom stereocenters. The van der Waals surface area contributed by atoms with Crippen LogP contribution in [0.5, 0.6) is 0 Å². The Hall–Kier alpha value is -0.960. The Morgan fingerprint density at radius 2 is 2.25 bits per heavy atom. The van der Waals surface area contributed by atoms with E-state index in [1.807, 2.05) is 0 Å². The van der Waals surface area contributed by atoms with Crippen LogP contribution in [0.4, 0.5) is 0 Å². The number of aliphatic hydroxyl groups is 1. The number of hydrogen-bond donors (Lipinski definition) is 1. The highest BCUT2D eigenvalue weighted by Gasteiger charge is 2.35. The van der Waals surface area contributed by atoms with Crippen molar-refractivity contribution >= 4 is 27.3 Å². The number of carbonyl (C=O) groups is 1. The molecule has 2 heterocycles. The summed E-state index contributed by atoms with van der Waals surface area (Å²) >= 11 is 1.06. The maximum atomic E-state index is 12.7. The molecule has 1 aromatic rings. The second-order valence-electron chi connectivity index (χ2n) is 4.73. The molecule has 0 spiro atoms. The van der Waals surface area contributed by atoms with Gasteiger partial charge in [0.15, 0.2) is 0 Å². The third-order valence-electron chi connectivity index (χ3n) is 3.25. The number of carbonyl (C=O) groups excluding carboxylic acids is 1. The summed E-state index contributed by atoms with van der Waals surface area (Å²) in [6.45, 7) is 2.07. The van der Waals surface area contributed by atoms with Crippen LogP contribution < -0.4 is 0 Å². The summed E-state index contributed by atoms with van der Waals surface area (Å²) in [5.74, 6) is -0.653. The molecule has 1 fully saturated rings. The van der Waals surface area contributed by atoms with Crippen molar-refractivity contribution < 1.29 is 23.1 Å². The van der Waals surface area contributed by atoms with Gasteiger partial charge < -0.3 is 9.84 Å². The molecule has 20 heavy (non-hydrogen) atoms. The lowest BCUT2D eigenvalue weighted by Crippen LogP contribution is -2.42. The molecule has 0 amide bonds. The van der Waals surface area contributed by atoms with Crippen LogP contribution in [0.25, 0.3) is 0 Å². The van der Waals surface area contributed by atoms with E-state index in [9.17, 15) is 18.3 Å². The summed E-state index contributed by atoms with van der Waals surface area (Å²) in [5.41, 5.74) is 0.524. The zero-order valence-corrected chi connectivity index (χ0v) is 13.0. The second kappa shape index (κ2) is 5.80. The maximum Gasteiger partial charge on any atom is 0.349 e. The van der Waals surface area contributed by atoms with Crippen molar-refractivity contribution in [1.29, 1.82) is 0 Å². The van der Waals surface area contributed by atoms with E-state index in [2.05, 4.69) is 4.74 Å². The van der Waals surface area contributed by atoms with Crippen molar-refractivity contribution in [2.24, 2.45) is 0 Å². The van der Waals surface area contributed by atoms with Crippen LogP contribution in [0.2, 0.25) is 0 Å². The van der Waals surface area contributed by atoms with E-state index >= 15 is 0 Å². The summed E-state index contributed by atoms with van der Waals surface area (Å²) in [6.07, 6.45) is 0.550. The summed E-state index contributed by atoms with van der Waals surface area (Å²) in [4.78, 5) is 11.8. The fourth-order valence-electron chi connectivity index (χ4n) is 2.26. The molecule has 8 heteroatoms. The standard InChI is InChI=1S/C12H17NO5S2/c1-8-7-19-10(12(15)18-2)11(8)20(16,17)13-5-3-4-9(14)6-13/h7,9,14H,3-6H2,1-2H3/t9-/m0/s1. The van der Waals surface area contributed by atoms with Gasteiger partial charge in [0.2, 0.25) is 10.0 Å². The number of esters is 1. The topological polar surface area (TPSA) is 83.9 Å². The first-order valence-corrected chi connectivity index (χ1v) is 8.54. The molecule has 1 N–H and O–H groups in total. The lowest BCUT2D eigenvalue weighted by atomic mass is 10.1. The monoisotopic (exact) mass is 319 g/mol. The maximum absolute atomic E-state index is 12.7. The molecule has 1 atom stereocenters. The number of aliphatic hydroxyl groups excluding tert-OH is 1. The lowest BCUT2D eigenvalue weighted by molar-refractivity contribution is 0.0602. The van der Waals surface area contributed by atoms with Gasteiger partial charge >= 0.3 is 5.97 Å². The summed E-state index contributed by atoms with van der Waals surface area (Å²) in [5, 5.41) is 11.3. The van der Waals surface area contributed by atoms with E-state index in [0.717, 1.165) is 11.3 Å². The largest absolute Gasteiger partial charge is 0.465 e. The van der Waals surface area contributed by atoms with Crippen LogP contribution in [0.15, 0.2) is 10.3 Å². The van der Waals surface area contributed by atoms with Crippen molar-refractivity contribution in [2.75, 3.05) is 20.2 Å². The molecule has 1 aromatic heterocycles. The first kappa shape index (κ1) is 15.4. The van der Waals surface area contributed by atoms with E-state index in [1.54, 1.807) is 12.3 Å². The van der Waals surface area contributed by atoms with Crippen LogP contribution in [0, 0.1) is 6.92 Å². The predicted molar refractivity (Wildman–Crippen MR) is 74.4 cm³/mol. The molecule has 2 rings (SSSR count). The van der Waals surface area contributed by atoms with Gasteiger partial charge in [0.25, 0.3) is 0 Å². The summed E-state index contributed by atoms with van der Waals surface area (Å²) in [6, 6.07) is 0. The lowest BCUT2D eigenvalue weighted by Gasteiger charge is -2.29. The van der Waals surface area contributed by atoms with Gasteiger partial charge in [-0.3, -0.25) is 0 Å². The van der Waals surface area contributed by atoms with Crippen LogP contribution in [0.1, 0.15) is 28.1 Å². The van der Waals surface area contributed by atoms with Gasteiger partial charge in [-0.1, -0.05) is 0 Å². The number of piperidine rings is 1. The Balaban J connectivity index is 2.44. The Morgan fingerprint density at radius 1 is 1.55 bits per heavy atom. The van der Waals surface area contributed by atoms with Gasteiger partial charge in [-0.15, -0.1) is 11.3 Å². The number of β-amino-alcohol motifs (C(OH)–C–C–N with tert-alkyl or cyclic N) is 1. The van der Waals surface area contributed by atoms with E-state index in [-0.39, 0.29) is 16.3 Å². The molecule has 0 aromatic carbocycles. The van der Waals surface area contributed by atoms with E-state index in [4.69, 9.17) is 0 Å². The van der Waals surface area contributed by atoms with Crippen molar-refractivity contribution in [2.45, 2.75) is 30.8 Å². The van der Waals surface area contributed by atoms with Crippen LogP contribution >= 0.6 is 11.3 Å². The van der Waals surface area contributed by atoms with E-state index < -0.39 is 22.1 Å². The number of rotatable bonds is 3. The SMILES string of the molecule is COC(=O)c1scc(C)c1S(=O)(=O)N1CCC[C@H](O)C1. The first-order chi connectivity index (χ1) is 9.37. The number of thiophene rings is 1. The van der Waals surface area contributed by atoms with Crippen molar-refractivity contribution in [3.8, 4) is 0 Å². The fraction of sp³-hybridized carbons (Fsp3) is 0.583. The molecule has 1 saturated heterocycles. The molecule has 0 radical (unpaired) electrons. The molecule has 0 saturated carbocycles.